The van der Waals surface area contributed by atoms with E-state index in [1.54, 1.807) is 6.07 Å². The van der Waals surface area contributed by atoms with Crippen molar-refractivity contribution in [3.8, 4) is 5.75 Å². The van der Waals surface area contributed by atoms with Gasteiger partial charge in [0.05, 0.1) is 17.3 Å². The van der Waals surface area contributed by atoms with Gasteiger partial charge in [0.1, 0.15) is 5.75 Å². The number of fused-ring (bicyclic) bond motifs is 1. The van der Waals surface area contributed by atoms with E-state index in [0.29, 0.717) is 13.0 Å². The first-order valence-corrected chi connectivity index (χ1v) is 12.8. The maximum absolute atomic E-state index is 12.8. The van der Waals surface area contributed by atoms with Crippen LogP contribution in [0.2, 0.25) is 0 Å². The fourth-order valence-electron chi connectivity index (χ4n) is 4.24. The lowest BCUT2D eigenvalue weighted by atomic mass is 9.84. The summed E-state index contributed by atoms with van der Waals surface area (Å²) in [5, 5.41) is 10.4. The molecule has 2 unspecified atom stereocenters. The van der Waals surface area contributed by atoms with Gasteiger partial charge in [0.15, 0.2) is 0 Å². The number of hydrogen-bond acceptors (Lipinski definition) is 5. The van der Waals surface area contributed by atoms with Crippen LogP contribution in [0.4, 0.5) is 5.69 Å². The minimum absolute atomic E-state index is 0.0212. The lowest BCUT2D eigenvalue weighted by Gasteiger charge is -2.37. The molecular weight excluding hydrogens is 486 g/mol. The Morgan fingerprint density at radius 1 is 1.12 bits per heavy atom. The molecule has 3 rings (SSSR count). The van der Waals surface area contributed by atoms with Gasteiger partial charge in [0, 0.05) is 27.5 Å². The number of anilines is 1. The minimum Gasteiger partial charge on any atom is -0.508 e. The number of phenols is 1. The fraction of sp³-hybridized carbons (Fsp3) is 0.500. The first kappa shape index (κ1) is 25.0. The lowest BCUT2D eigenvalue weighted by Crippen LogP contribution is -2.40. The summed E-state index contributed by atoms with van der Waals surface area (Å²) in [5.74, 6) is 0.110. The SMILES string of the molecule is CCOC(=O)C(C)(C)CC1C(SC(C)(C)C)c2cc(O)ccc2N1Cc1ccc(Br)cc1. The molecule has 1 heterocycles. The zero-order valence-electron chi connectivity index (χ0n) is 19.8. The van der Waals surface area contributed by atoms with Crippen molar-refractivity contribution < 1.29 is 14.6 Å². The second kappa shape index (κ2) is 9.68. The summed E-state index contributed by atoms with van der Waals surface area (Å²) in [6.07, 6.45) is 0.658. The van der Waals surface area contributed by atoms with Gasteiger partial charge in [-0.25, -0.2) is 0 Å². The molecule has 0 spiro atoms. The number of carbonyl (C=O) groups excluding carboxylic acids is 1. The molecule has 2 aromatic carbocycles. The van der Waals surface area contributed by atoms with Crippen LogP contribution >= 0.6 is 27.7 Å². The van der Waals surface area contributed by atoms with E-state index in [1.807, 2.05) is 44.7 Å². The average molecular weight is 521 g/mol. The Kier molecular flexibility index (Phi) is 7.55. The molecule has 0 fully saturated rings. The van der Waals surface area contributed by atoms with Crippen LogP contribution in [-0.4, -0.2) is 28.5 Å². The largest absolute Gasteiger partial charge is 0.508 e. The van der Waals surface area contributed by atoms with Crippen molar-refractivity contribution in [2.24, 2.45) is 5.41 Å². The molecule has 0 amide bonds. The molecule has 2 atom stereocenters. The number of thioether (sulfide) groups is 1. The summed E-state index contributed by atoms with van der Waals surface area (Å²) in [4.78, 5) is 15.2. The number of nitrogens with zero attached hydrogens (tertiary/aromatic N) is 1. The summed E-state index contributed by atoms with van der Waals surface area (Å²) in [7, 11) is 0. The second-order valence-corrected chi connectivity index (χ2v) is 12.9. The highest BCUT2D eigenvalue weighted by Crippen LogP contribution is 2.54. The molecule has 32 heavy (non-hydrogen) atoms. The van der Waals surface area contributed by atoms with Crippen molar-refractivity contribution in [3.05, 3.63) is 58.1 Å². The number of aromatic hydroxyl groups is 1. The van der Waals surface area contributed by atoms with Crippen molar-refractivity contribution in [2.75, 3.05) is 11.5 Å². The highest BCUT2D eigenvalue weighted by Gasteiger charge is 2.45. The number of hydrogen-bond donors (Lipinski definition) is 1. The molecule has 2 aromatic rings. The molecule has 0 aliphatic carbocycles. The predicted octanol–water partition coefficient (Wildman–Crippen LogP) is 7.10. The Bertz CT molecular complexity index is 953. The van der Waals surface area contributed by atoms with E-state index >= 15 is 0 Å². The van der Waals surface area contributed by atoms with Gasteiger partial charge < -0.3 is 14.7 Å². The highest BCUT2D eigenvalue weighted by atomic mass is 79.9. The van der Waals surface area contributed by atoms with Crippen molar-refractivity contribution in [2.45, 2.75) is 70.5 Å². The molecule has 0 saturated carbocycles. The third-order valence-electron chi connectivity index (χ3n) is 5.67. The zero-order valence-corrected chi connectivity index (χ0v) is 22.2. The molecule has 174 valence electrons. The third kappa shape index (κ3) is 5.82. The molecule has 6 heteroatoms. The number of phenolic OH excluding ortho intramolecular Hbond substituents is 1. The number of benzene rings is 2. The molecule has 1 aliphatic rings. The summed E-state index contributed by atoms with van der Waals surface area (Å²) in [5.41, 5.74) is 2.83. The van der Waals surface area contributed by atoms with Crippen LogP contribution in [0, 0.1) is 5.41 Å². The lowest BCUT2D eigenvalue weighted by molar-refractivity contribution is -0.154. The first-order valence-electron chi connectivity index (χ1n) is 11.1. The maximum atomic E-state index is 12.8. The van der Waals surface area contributed by atoms with E-state index in [2.05, 4.69) is 65.9 Å². The van der Waals surface area contributed by atoms with Gasteiger partial charge in [0.2, 0.25) is 0 Å². The van der Waals surface area contributed by atoms with E-state index in [1.165, 1.54) is 5.56 Å². The van der Waals surface area contributed by atoms with Gasteiger partial charge in [-0.3, -0.25) is 4.79 Å². The highest BCUT2D eigenvalue weighted by molar-refractivity contribution is 9.10. The molecule has 4 nitrogen and oxygen atoms in total. The van der Waals surface area contributed by atoms with Gasteiger partial charge in [-0.15, -0.1) is 11.8 Å². The van der Waals surface area contributed by atoms with E-state index in [4.69, 9.17) is 4.74 Å². The van der Waals surface area contributed by atoms with Crippen LogP contribution in [0.1, 0.15) is 64.3 Å². The van der Waals surface area contributed by atoms with Crippen LogP contribution in [0.5, 0.6) is 5.75 Å². The second-order valence-electron chi connectivity index (χ2n) is 10.0. The van der Waals surface area contributed by atoms with Crippen LogP contribution in [-0.2, 0) is 16.1 Å². The summed E-state index contributed by atoms with van der Waals surface area (Å²) >= 11 is 5.41. The Morgan fingerprint density at radius 2 is 1.78 bits per heavy atom. The van der Waals surface area contributed by atoms with Gasteiger partial charge in [-0.2, -0.15) is 0 Å². The van der Waals surface area contributed by atoms with Crippen LogP contribution in [0.15, 0.2) is 46.9 Å². The zero-order chi connectivity index (χ0) is 23.7. The van der Waals surface area contributed by atoms with Crippen LogP contribution < -0.4 is 4.90 Å². The minimum atomic E-state index is -0.626. The van der Waals surface area contributed by atoms with Crippen molar-refractivity contribution >= 4 is 39.3 Å². The summed E-state index contributed by atoms with van der Waals surface area (Å²) < 4.78 is 6.48. The Hall–Kier alpha value is -1.66. The number of ether oxygens (including phenoxy) is 1. The molecule has 0 aromatic heterocycles. The maximum Gasteiger partial charge on any atom is 0.311 e. The molecular formula is C26H34BrNO3S. The van der Waals surface area contributed by atoms with Gasteiger partial charge in [-0.05, 0) is 68.7 Å². The first-order chi connectivity index (χ1) is 14.9. The Balaban J connectivity index is 2.05. The molecule has 1 N–H and O–H groups in total. The summed E-state index contributed by atoms with van der Waals surface area (Å²) in [6, 6.07) is 14.1. The Morgan fingerprint density at radius 3 is 2.38 bits per heavy atom. The average Bonchev–Trinajstić information content (AvgIpc) is 2.94. The monoisotopic (exact) mass is 519 g/mol. The molecule has 0 bridgehead atoms. The van der Waals surface area contributed by atoms with E-state index in [0.717, 1.165) is 22.3 Å². The number of rotatable bonds is 7. The van der Waals surface area contributed by atoms with Gasteiger partial charge in [-0.1, -0.05) is 48.8 Å². The van der Waals surface area contributed by atoms with Crippen molar-refractivity contribution in [1.29, 1.82) is 0 Å². The van der Waals surface area contributed by atoms with E-state index < -0.39 is 5.41 Å². The fourth-order valence-corrected chi connectivity index (χ4v) is 5.98. The van der Waals surface area contributed by atoms with Crippen molar-refractivity contribution in [1.82, 2.24) is 0 Å². The molecule has 0 saturated heterocycles. The number of esters is 1. The number of halogens is 1. The Labute approximate surface area is 204 Å². The quantitative estimate of drug-likeness (QED) is 0.395. The smallest absolute Gasteiger partial charge is 0.311 e. The van der Waals surface area contributed by atoms with Crippen LogP contribution in [0.25, 0.3) is 0 Å². The normalized spacial score (nSPS) is 18.5. The van der Waals surface area contributed by atoms with E-state index in [-0.39, 0.29) is 27.8 Å². The molecule has 1 aliphatic heterocycles. The van der Waals surface area contributed by atoms with Crippen LogP contribution in [0.3, 0.4) is 0 Å². The summed E-state index contributed by atoms with van der Waals surface area (Å²) in [6.45, 7) is 13.5. The van der Waals surface area contributed by atoms with Gasteiger partial charge >= 0.3 is 5.97 Å². The standard InChI is InChI=1S/C26H34BrNO3S/c1-7-31-24(30)26(5,6)15-22-23(32-25(2,3)4)20-14-19(29)12-13-21(20)28(22)16-17-8-10-18(27)11-9-17/h8-14,22-23,29H,7,15-16H2,1-6H3. The topological polar surface area (TPSA) is 49.8 Å². The predicted molar refractivity (Wildman–Crippen MR) is 137 cm³/mol. The molecule has 0 radical (unpaired) electrons. The van der Waals surface area contributed by atoms with Crippen molar-refractivity contribution in [3.63, 3.8) is 0 Å². The van der Waals surface area contributed by atoms with E-state index in [9.17, 15) is 9.90 Å². The number of carbonyl (C=O) groups is 1. The third-order valence-corrected chi connectivity index (χ3v) is 7.73. The van der Waals surface area contributed by atoms with Gasteiger partial charge in [0.25, 0.3) is 0 Å².